The number of carbonyl (C=O) groups is 1. The van der Waals surface area contributed by atoms with Gasteiger partial charge in [0.2, 0.25) is 11.9 Å². The molecule has 9 nitrogen and oxygen atoms in total. The molecule has 1 amide bonds. The van der Waals surface area contributed by atoms with Crippen molar-refractivity contribution in [1.82, 2.24) is 14.5 Å². The summed E-state index contributed by atoms with van der Waals surface area (Å²) in [5, 5.41) is 0. The Hall–Kier alpha value is -3.08. The number of aromatic nitrogens is 2. The Morgan fingerprint density at radius 1 is 1.12 bits per heavy atom. The van der Waals surface area contributed by atoms with Gasteiger partial charge in [0.15, 0.2) is 5.82 Å². The minimum atomic E-state index is -2.70. The lowest BCUT2D eigenvalue weighted by atomic mass is 10.1. The molecule has 0 saturated carbocycles. The summed E-state index contributed by atoms with van der Waals surface area (Å²) in [6.45, 7) is 6.68. The molecule has 3 aliphatic heterocycles. The third-order valence-electron chi connectivity index (χ3n) is 6.22. The Kier molecular flexibility index (Phi) is 5.28. The van der Waals surface area contributed by atoms with Crippen molar-refractivity contribution in [3.8, 4) is 5.75 Å². The first-order valence-corrected chi connectivity index (χ1v) is 10.7. The lowest BCUT2D eigenvalue weighted by molar-refractivity contribution is -0.130. The Labute approximate surface area is 184 Å². The number of imidazole rings is 1. The number of benzene rings is 1. The van der Waals surface area contributed by atoms with Gasteiger partial charge >= 0.3 is 0 Å². The molecule has 0 aliphatic carbocycles. The summed E-state index contributed by atoms with van der Waals surface area (Å²) in [7, 11) is 0. The molecule has 5 rings (SSSR count). The predicted molar refractivity (Wildman–Crippen MR) is 115 cm³/mol. The maximum atomic E-state index is 13.6. The number of alkyl halides is 2. The van der Waals surface area contributed by atoms with Crippen LogP contribution in [0.15, 0.2) is 12.1 Å². The van der Waals surface area contributed by atoms with Gasteiger partial charge in [0.25, 0.3) is 6.43 Å². The zero-order chi connectivity index (χ0) is 22.4. The molecule has 0 radical (unpaired) electrons. The molecular formula is C21H26F2N6O3. The fourth-order valence-corrected chi connectivity index (χ4v) is 4.53. The Morgan fingerprint density at radius 3 is 2.62 bits per heavy atom. The third-order valence-corrected chi connectivity index (χ3v) is 6.22. The number of rotatable bonds is 3. The van der Waals surface area contributed by atoms with E-state index in [0.29, 0.717) is 63.3 Å². The molecule has 0 bridgehead atoms. The predicted octanol–water partition coefficient (Wildman–Crippen LogP) is 2.13. The van der Waals surface area contributed by atoms with E-state index in [0.717, 1.165) is 24.7 Å². The number of fused-ring (bicyclic) bond motifs is 2. The number of nitrogen functional groups attached to an aromatic ring is 1. The van der Waals surface area contributed by atoms with Gasteiger partial charge in [-0.05, 0) is 6.07 Å². The maximum Gasteiger partial charge on any atom is 0.265 e. The molecule has 2 aromatic rings. The molecule has 0 unspecified atom stereocenters. The summed E-state index contributed by atoms with van der Waals surface area (Å²) in [6, 6.07) is 2.84. The lowest BCUT2D eigenvalue weighted by Crippen LogP contribution is -2.41. The molecule has 1 aromatic carbocycles. The highest BCUT2D eigenvalue weighted by atomic mass is 19.3. The van der Waals surface area contributed by atoms with E-state index in [-0.39, 0.29) is 17.2 Å². The van der Waals surface area contributed by atoms with E-state index >= 15 is 0 Å². The summed E-state index contributed by atoms with van der Waals surface area (Å²) in [5.41, 5.74) is 7.00. The van der Waals surface area contributed by atoms with E-state index in [4.69, 9.17) is 20.2 Å². The summed E-state index contributed by atoms with van der Waals surface area (Å²) in [4.78, 5) is 22.9. The zero-order valence-corrected chi connectivity index (χ0v) is 17.9. The van der Waals surface area contributed by atoms with Gasteiger partial charge in [-0.3, -0.25) is 4.79 Å². The normalized spacial score (nSPS) is 18.4. The lowest BCUT2D eigenvalue weighted by Gasteiger charge is -2.34. The van der Waals surface area contributed by atoms with Crippen LogP contribution in [0, 0.1) is 0 Å². The molecule has 2 N–H and O–H groups in total. The molecule has 32 heavy (non-hydrogen) atoms. The molecule has 1 fully saturated rings. The highest BCUT2D eigenvalue weighted by molar-refractivity contribution is 5.77. The smallest absolute Gasteiger partial charge is 0.265 e. The fraction of sp³-hybridized carbons (Fsp3) is 0.524. The Bertz CT molecular complexity index is 1040. The topological polar surface area (TPSA) is 89.1 Å². The van der Waals surface area contributed by atoms with Crippen LogP contribution in [0.25, 0.3) is 0 Å². The van der Waals surface area contributed by atoms with Gasteiger partial charge < -0.3 is 34.5 Å². The molecule has 11 heteroatoms. The number of amides is 1. The van der Waals surface area contributed by atoms with Crippen LogP contribution < -0.4 is 20.3 Å². The first kappa shape index (κ1) is 20.8. The summed E-state index contributed by atoms with van der Waals surface area (Å²) in [6.07, 6.45) is -2.70. The van der Waals surface area contributed by atoms with Crippen molar-refractivity contribution < 1.29 is 23.0 Å². The van der Waals surface area contributed by atoms with Crippen molar-refractivity contribution in [2.24, 2.45) is 0 Å². The summed E-state index contributed by atoms with van der Waals surface area (Å²) < 4.78 is 40.5. The van der Waals surface area contributed by atoms with Crippen LogP contribution in [0.1, 0.15) is 24.6 Å². The van der Waals surface area contributed by atoms with Crippen molar-refractivity contribution in [1.29, 1.82) is 0 Å². The van der Waals surface area contributed by atoms with Crippen LogP contribution in [0.4, 0.5) is 31.9 Å². The van der Waals surface area contributed by atoms with Crippen molar-refractivity contribution >= 4 is 29.0 Å². The fourth-order valence-electron chi connectivity index (χ4n) is 4.53. The SMILES string of the molecule is CC(=O)N1CCn2c(N3CCOCC3)nc(N3CCOc4cc(N)c(C(F)F)cc43)c2C1. The molecule has 4 heterocycles. The first-order valence-electron chi connectivity index (χ1n) is 10.7. The Balaban J connectivity index is 1.62. The van der Waals surface area contributed by atoms with Crippen molar-refractivity contribution in [2.45, 2.75) is 26.4 Å². The van der Waals surface area contributed by atoms with Crippen LogP contribution in [-0.4, -0.2) is 66.4 Å². The third kappa shape index (κ3) is 3.50. The largest absolute Gasteiger partial charge is 0.489 e. The molecular weight excluding hydrogens is 422 g/mol. The number of anilines is 4. The minimum absolute atomic E-state index is 0.00392. The molecule has 0 spiro atoms. The van der Waals surface area contributed by atoms with E-state index in [9.17, 15) is 13.6 Å². The summed E-state index contributed by atoms with van der Waals surface area (Å²) in [5.74, 6) is 1.92. The minimum Gasteiger partial charge on any atom is -0.489 e. The van der Waals surface area contributed by atoms with E-state index in [1.807, 2.05) is 4.90 Å². The maximum absolute atomic E-state index is 13.6. The number of hydrogen-bond donors (Lipinski definition) is 1. The quantitative estimate of drug-likeness (QED) is 0.720. The van der Waals surface area contributed by atoms with E-state index in [1.165, 1.54) is 12.1 Å². The number of hydrogen-bond acceptors (Lipinski definition) is 7. The van der Waals surface area contributed by atoms with Gasteiger partial charge in [-0.25, -0.2) is 8.78 Å². The van der Waals surface area contributed by atoms with Gasteiger partial charge in [0.05, 0.1) is 37.7 Å². The molecule has 3 aliphatic rings. The standard InChI is InChI=1S/C21H26F2N6O3/c1-13(30)27-2-3-29-17(12-27)20(25-21(29)26-4-7-31-8-5-26)28-6-9-32-18-11-15(24)14(19(22)23)10-16(18)28/h10-11,19H,2-9,12,24H2,1H3. The molecule has 172 valence electrons. The second kappa shape index (κ2) is 8.12. The second-order valence-corrected chi connectivity index (χ2v) is 8.12. The van der Waals surface area contributed by atoms with Crippen LogP contribution in [0.5, 0.6) is 5.75 Å². The van der Waals surface area contributed by atoms with E-state index in [1.54, 1.807) is 11.8 Å². The van der Waals surface area contributed by atoms with E-state index < -0.39 is 6.43 Å². The van der Waals surface area contributed by atoms with Crippen LogP contribution in [0.2, 0.25) is 0 Å². The number of morpholine rings is 1. The Morgan fingerprint density at radius 2 is 1.91 bits per heavy atom. The number of nitrogens with two attached hydrogens (primary N) is 1. The van der Waals surface area contributed by atoms with Crippen LogP contribution in [-0.2, 0) is 22.6 Å². The van der Waals surface area contributed by atoms with Crippen molar-refractivity contribution in [3.05, 3.63) is 23.4 Å². The zero-order valence-electron chi connectivity index (χ0n) is 17.9. The average molecular weight is 448 g/mol. The van der Waals surface area contributed by atoms with Gasteiger partial charge in [0.1, 0.15) is 12.4 Å². The van der Waals surface area contributed by atoms with Crippen LogP contribution in [0.3, 0.4) is 0 Å². The average Bonchev–Trinajstić information content (AvgIpc) is 3.17. The summed E-state index contributed by atoms with van der Waals surface area (Å²) >= 11 is 0. The molecule has 1 saturated heterocycles. The van der Waals surface area contributed by atoms with E-state index in [2.05, 4.69) is 9.47 Å². The van der Waals surface area contributed by atoms with Gasteiger partial charge in [0, 0.05) is 50.4 Å². The number of ether oxygens (including phenoxy) is 2. The monoisotopic (exact) mass is 448 g/mol. The van der Waals surface area contributed by atoms with Gasteiger partial charge in [-0.15, -0.1) is 0 Å². The number of halogens is 2. The highest BCUT2D eigenvalue weighted by Gasteiger charge is 2.33. The van der Waals surface area contributed by atoms with Crippen molar-refractivity contribution in [3.63, 3.8) is 0 Å². The molecule has 1 aromatic heterocycles. The number of nitrogens with zero attached hydrogens (tertiary/aromatic N) is 5. The van der Waals surface area contributed by atoms with Gasteiger partial charge in [-0.2, -0.15) is 4.98 Å². The second-order valence-electron chi connectivity index (χ2n) is 8.12. The number of carbonyl (C=O) groups excluding carboxylic acids is 1. The van der Waals surface area contributed by atoms with Crippen LogP contribution >= 0.6 is 0 Å². The highest BCUT2D eigenvalue weighted by Crippen LogP contribution is 2.43. The van der Waals surface area contributed by atoms with Gasteiger partial charge in [-0.1, -0.05) is 0 Å². The van der Waals surface area contributed by atoms with Crippen molar-refractivity contribution in [2.75, 3.05) is 61.5 Å². The molecule has 0 atom stereocenters. The first-order chi connectivity index (χ1) is 15.4.